The number of aromatic nitrogens is 1. The van der Waals surface area contributed by atoms with Gasteiger partial charge in [0.15, 0.2) is 10.6 Å². The van der Waals surface area contributed by atoms with Crippen molar-refractivity contribution in [2.75, 3.05) is 26.1 Å². The Morgan fingerprint density at radius 2 is 2.13 bits per heavy atom. The summed E-state index contributed by atoms with van der Waals surface area (Å²) in [5.41, 5.74) is 1.90. The molecule has 0 saturated carbocycles. The number of H-pyrrole nitrogens is 1. The van der Waals surface area contributed by atoms with Gasteiger partial charge in [-0.3, -0.25) is 5.41 Å². The van der Waals surface area contributed by atoms with E-state index in [1.54, 1.807) is 18.4 Å². The zero-order valence-electron chi connectivity index (χ0n) is 16.4. The van der Waals surface area contributed by atoms with Crippen LogP contribution in [0.2, 0.25) is 5.02 Å². The maximum atomic E-state index is 13.2. The van der Waals surface area contributed by atoms with E-state index in [2.05, 4.69) is 16.4 Å². The summed E-state index contributed by atoms with van der Waals surface area (Å²) in [5, 5.41) is 13.6. The van der Waals surface area contributed by atoms with E-state index in [0.717, 1.165) is 32.1 Å². The molecule has 4 heterocycles. The predicted molar refractivity (Wildman–Crippen MR) is 123 cm³/mol. The van der Waals surface area contributed by atoms with Gasteiger partial charge in [-0.1, -0.05) is 23.7 Å². The van der Waals surface area contributed by atoms with E-state index < -0.39 is 15.9 Å². The molecule has 2 saturated heterocycles. The topological polar surface area (TPSA) is 93.2 Å². The largest absolute Gasteiger partial charge is 0.616 e. The normalized spacial score (nSPS) is 23.6. The summed E-state index contributed by atoms with van der Waals surface area (Å²) in [6.07, 6.45) is 1.25. The van der Waals surface area contributed by atoms with Crippen molar-refractivity contribution in [1.29, 1.82) is 5.41 Å². The number of hydrogen-bond donors (Lipinski definition) is 3. The van der Waals surface area contributed by atoms with Crippen LogP contribution in [0.15, 0.2) is 30.3 Å². The van der Waals surface area contributed by atoms with Crippen LogP contribution in [0.5, 0.6) is 5.75 Å². The van der Waals surface area contributed by atoms with Crippen LogP contribution < -0.4 is 10.1 Å². The molecule has 158 valence electrons. The van der Waals surface area contributed by atoms with E-state index >= 15 is 0 Å². The number of rotatable bonds is 3. The maximum absolute atomic E-state index is 13.2. The van der Waals surface area contributed by atoms with Crippen LogP contribution >= 0.6 is 22.9 Å². The molecule has 0 aliphatic carbocycles. The fraction of sp³-hybridized carbons (Fsp3) is 0.381. The van der Waals surface area contributed by atoms with Gasteiger partial charge in [0.25, 0.3) is 0 Å². The Morgan fingerprint density at radius 1 is 1.33 bits per heavy atom. The van der Waals surface area contributed by atoms with Gasteiger partial charge in [-0.15, -0.1) is 11.3 Å². The van der Waals surface area contributed by atoms with Crippen LogP contribution in [-0.4, -0.2) is 46.2 Å². The molecule has 2 atom stereocenters. The minimum absolute atomic E-state index is 0.225. The number of amidine groups is 1. The molecule has 2 fully saturated rings. The van der Waals surface area contributed by atoms with Gasteiger partial charge in [0.05, 0.1) is 46.3 Å². The molecule has 0 radical (unpaired) electrons. The van der Waals surface area contributed by atoms with Gasteiger partial charge in [0.1, 0.15) is 17.5 Å². The Balaban J connectivity index is 1.44. The van der Waals surface area contributed by atoms with E-state index in [4.69, 9.17) is 26.5 Å². The number of halogens is 1. The molecule has 2 aliphatic heterocycles. The van der Waals surface area contributed by atoms with Crippen LogP contribution in [0, 0.1) is 5.41 Å². The molecule has 5 rings (SSSR count). The smallest absolute Gasteiger partial charge is 0.185 e. The Hall–Kier alpha value is -1.71. The lowest BCUT2D eigenvalue weighted by molar-refractivity contribution is 0.0869. The van der Waals surface area contributed by atoms with E-state index in [9.17, 15) is 4.55 Å². The number of methoxy groups -OCH3 is 1. The molecule has 0 bridgehead atoms. The molecule has 1 spiro atoms. The minimum atomic E-state index is -1.15. The summed E-state index contributed by atoms with van der Waals surface area (Å²) in [5.74, 6) is 1.59. The highest BCUT2D eigenvalue weighted by Crippen LogP contribution is 2.43. The summed E-state index contributed by atoms with van der Waals surface area (Å²) >= 11 is 7.02. The lowest BCUT2D eigenvalue weighted by atomic mass is 9.96. The monoisotopic (exact) mass is 463 g/mol. The Kier molecular flexibility index (Phi) is 5.23. The molecule has 30 heavy (non-hydrogen) atoms. The standard InChI is InChI=1S/C21H22ClN3O3S2/c1-27-16-4-2-3-12-9-14(24-18(12)16)17-10-13(22)19(29-17)15-11-30(26)21(20(23)25-15)5-7-28-8-6-21/h2-4,9-10,15,24H,5-8,11H2,1H3,(H2,23,25). The van der Waals surface area contributed by atoms with Crippen LogP contribution in [0.1, 0.15) is 23.8 Å². The molecule has 3 N–H and O–H groups in total. The van der Waals surface area contributed by atoms with E-state index in [1.165, 1.54) is 0 Å². The van der Waals surface area contributed by atoms with Crippen molar-refractivity contribution in [3.63, 3.8) is 0 Å². The number of para-hydroxylation sites is 1. The molecule has 2 aliphatic rings. The van der Waals surface area contributed by atoms with Crippen LogP contribution in [0.3, 0.4) is 0 Å². The number of thiophene rings is 1. The summed E-state index contributed by atoms with van der Waals surface area (Å²) < 4.78 is 23.4. The number of aromatic amines is 1. The van der Waals surface area contributed by atoms with E-state index in [-0.39, 0.29) is 6.04 Å². The number of hydrogen-bond acceptors (Lipinski definition) is 5. The van der Waals surface area contributed by atoms with Crippen molar-refractivity contribution in [3.8, 4) is 16.3 Å². The molecule has 3 aromatic rings. The zero-order valence-corrected chi connectivity index (χ0v) is 18.8. The average Bonchev–Trinajstić information content (AvgIpc) is 3.36. The second-order valence-electron chi connectivity index (χ2n) is 7.62. The molecule has 9 heteroatoms. The summed E-state index contributed by atoms with van der Waals surface area (Å²) in [6, 6.07) is 9.71. The van der Waals surface area contributed by atoms with E-state index in [1.807, 2.05) is 24.3 Å². The molecular weight excluding hydrogens is 442 g/mol. The van der Waals surface area contributed by atoms with Gasteiger partial charge in [0, 0.05) is 18.2 Å². The summed E-state index contributed by atoms with van der Waals surface area (Å²) in [6.45, 7) is 1.10. The minimum Gasteiger partial charge on any atom is -0.616 e. The first-order chi connectivity index (χ1) is 14.5. The van der Waals surface area contributed by atoms with Gasteiger partial charge in [-0.2, -0.15) is 0 Å². The Bertz CT molecular complexity index is 1110. The van der Waals surface area contributed by atoms with E-state index in [0.29, 0.717) is 42.7 Å². The first kappa shape index (κ1) is 20.2. The fourth-order valence-electron chi connectivity index (χ4n) is 4.28. The lowest BCUT2D eigenvalue weighted by Crippen LogP contribution is -2.61. The van der Waals surface area contributed by atoms with Gasteiger partial charge >= 0.3 is 0 Å². The van der Waals surface area contributed by atoms with Gasteiger partial charge in [0.2, 0.25) is 0 Å². The van der Waals surface area contributed by atoms with Crippen molar-refractivity contribution in [2.24, 2.45) is 0 Å². The highest BCUT2D eigenvalue weighted by molar-refractivity contribution is 7.93. The second-order valence-corrected chi connectivity index (χ2v) is 10.9. The second kappa shape index (κ2) is 7.76. The zero-order chi connectivity index (χ0) is 20.9. The van der Waals surface area contributed by atoms with Crippen LogP contribution in [0.25, 0.3) is 21.5 Å². The number of benzene rings is 1. The van der Waals surface area contributed by atoms with Gasteiger partial charge < -0.3 is 24.3 Å². The van der Waals surface area contributed by atoms with Gasteiger partial charge in [-0.05, 0) is 29.4 Å². The third-order valence-corrected chi connectivity index (χ3v) is 9.79. The Morgan fingerprint density at radius 3 is 2.87 bits per heavy atom. The fourth-order valence-corrected chi connectivity index (χ4v) is 7.66. The van der Waals surface area contributed by atoms with Crippen LogP contribution in [0.4, 0.5) is 0 Å². The SMILES string of the molecule is COc1cccc2cc(-c3cc(Cl)c(C4C[S+]([O-])C5(CCOCC5)C(=N)N4)s3)[nH]c12. The highest BCUT2D eigenvalue weighted by Gasteiger charge is 2.53. The third kappa shape index (κ3) is 3.22. The lowest BCUT2D eigenvalue weighted by Gasteiger charge is -2.44. The molecule has 2 aromatic heterocycles. The molecular formula is C21H22ClN3O3S2. The van der Waals surface area contributed by atoms with Crippen LogP contribution in [-0.2, 0) is 15.9 Å². The quantitative estimate of drug-likeness (QED) is 0.499. The number of ether oxygens (including phenoxy) is 2. The molecule has 6 nitrogen and oxygen atoms in total. The summed E-state index contributed by atoms with van der Waals surface area (Å²) in [7, 11) is 1.66. The number of nitrogens with one attached hydrogen (secondary N) is 3. The molecule has 2 unspecified atom stereocenters. The first-order valence-electron chi connectivity index (χ1n) is 9.79. The van der Waals surface area contributed by atoms with Crippen molar-refractivity contribution in [3.05, 3.63) is 40.2 Å². The average molecular weight is 464 g/mol. The molecule has 0 amide bonds. The predicted octanol–water partition coefficient (Wildman–Crippen LogP) is 4.48. The van der Waals surface area contributed by atoms with Crippen molar-refractivity contribution >= 4 is 50.9 Å². The van der Waals surface area contributed by atoms with Crippen molar-refractivity contribution in [1.82, 2.24) is 10.3 Å². The van der Waals surface area contributed by atoms with Crippen molar-refractivity contribution in [2.45, 2.75) is 23.6 Å². The maximum Gasteiger partial charge on any atom is 0.185 e. The number of fused-ring (bicyclic) bond motifs is 1. The summed E-state index contributed by atoms with van der Waals surface area (Å²) in [4.78, 5) is 5.34. The van der Waals surface area contributed by atoms with Crippen molar-refractivity contribution < 1.29 is 14.0 Å². The third-order valence-electron chi connectivity index (χ3n) is 5.96. The molecule has 1 aromatic carbocycles. The van der Waals surface area contributed by atoms with Gasteiger partial charge in [-0.25, -0.2) is 0 Å². The first-order valence-corrected chi connectivity index (χ1v) is 12.3. The highest BCUT2D eigenvalue weighted by atomic mass is 35.5. The Labute approximate surface area is 186 Å².